The number of carbonyl (C=O) groups excluding carboxylic acids is 1. The Kier molecular flexibility index (Phi) is 4.10. The molecule has 4 heteroatoms. The predicted octanol–water partition coefficient (Wildman–Crippen LogP) is 2.50. The van der Waals surface area contributed by atoms with Gasteiger partial charge in [0, 0.05) is 12.0 Å². The van der Waals surface area contributed by atoms with Crippen LogP contribution in [0.25, 0.3) is 0 Å². The van der Waals surface area contributed by atoms with Crippen LogP contribution in [-0.2, 0) is 11.3 Å². The number of hydrogen-bond acceptors (Lipinski definition) is 2. The average Bonchev–Trinajstić information content (AvgIpc) is 2.24. The minimum atomic E-state index is -0.439. The van der Waals surface area contributed by atoms with E-state index < -0.39 is 11.2 Å². The van der Waals surface area contributed by atoms with Gasteiger partial charge < -0.3 is 10.1 Å². The first-order valence-electron chi connectivity index (χ1n) is 5.45. The number of amides is 1. The average molecular weight is 239 g/mol. The number of ether oxygens (including phenoxy) is 1. The van der Waals surface area contributed by atoms with Crippen LogP contribution in [0.3, 0.4) is 0 Å². The van der Waals surface area contributed by atoms with Crippen LogP contribution >= 0.6 is 0 Å². The number of carbonyl (C=O) groups is 1. The zero-order valence-electron chi connectivity index (χ0n) is 10.6. The normalized spacial score (nSPS) is 11.1. The van der Waals surface area contributed by atoms with E-state index in [2.05, 4.69) is 5.32 Å². The molecule has 0 bridgehead atoms. The first-order valence-corrected chi connectivity index (χ1v) is 5.45. The second-order valence-corrected chi connectivity index (χ2v) is 4.90. The monoisotopic (exact) mass is 239 g/mol. The molecule has 17 heavy (non-hydrogen) atoms. The van der Waals surface area contributed by atoms with E-state index in [9.17, 15) is 9.18 Å². The standard InChI is InChI=1S/C13H18FNO2/c1-13(2,3)12(16)15-8-9-5-6-11(17-4)10(14)7-9/h5-7H,8H2,1-4H3,(H,15,16). The van der Waals surface area contributed by atoms with Crippen LogP contribution in [0.5, 0.6) is 5.75 Å². The Morgan fingerprint density at radius 3 is 2.53 bits per heavy atom. The van der Waals surface area contributed by atoms with E-state index in [4.69, 9.17) is 4.74 Å². The third kappa shape index (κ3) is 3.73. The molecule has 1 N–H and O–H groups in total. The van der Waals surface area contributed by atoms with Crippen molar-refractivity contribution in [2.75, 3.05) is 7.11 Å². The molecule has 0 fully saturated rings. The van der Waals surface area contributed by atoms with Crippen molar-refractivity contribution in [3.8, 4) is 5.75 Å². The highest BCUT2D eigenvalue weighted by Gasteiger charge is 2.20. The number of nitrogens with one attached hydrogen (secondary N) is 1. The fourth-order valence-corrected chi connectivity index (χ4v) is 1.27. The van der Waals surface area contributed by atoms with Crippen LogP contribution in [0.4, 0.5) is 4.39 Å². The first-order chi connectivity index (χ1) is 7.84. The summed E-state index contributed by atoms with van der Waals surface area (Å²) < 4.78 is 18.2. The molecule has 0 heterocycles. The summed E-state index contributed by atoms with van der Waals surface area (Å²) in [4.78, 5) is 11.6. The fourth-order valence-electron chi connectivity index (χ4n) is 1.27. The second kappa shape index (κ2) is 5.17. The Hall–Kier alpha value is -1.58. The van der Waals surface area contributed by atoms with Crippen molar-refractivity contribution in [1.82, 2.24) is 5.32 Å². The Morgan fingerprint density at radius 1 is 1.41 bits per heavy atom. The zero-order valence-corrected chi connectivity index (χ0v) is 10.6. The molecule has 0 radical (unpaired) electrons. The van der Waals surface area contributed by atoms with Crippen LogP contribution in [0.15, 0.2) is 18.2 Å². The number of benzene rings is 1. The third-order valence-corrected chi connectivity index (χ3v) is 2.35. The van der Waals surface area contributed by atoms with Gasteiger partial charge in [-0.2, -0.15) is 0 Å². The molecule has 0 aliphatic rings. The highest BCUT2D eigenvalue weighted by atomic mass is 19.1. The van der Waals surface area contributed by atoms with Crippen LogP contribution in [0, 0.1) is 11.2 Å². The van der Waals surface area contributed by atoms with E-state index in [1.807, 2.05) is 20.8 Å². The van der Waals surface area contributed by atoms with Crippen LogP contribution in [0.1, 0.15) is 26.3 Å². The number of rotatable bonds is 3. The molecular weight excluding hydrogens is 221 g/mol. The van der Waals surface area contributed by atoms with Gasteiger partial charge >= 0.3 is 0 Å². The van der Waals surface area contributed by atoms with E-state index in [-0.39, 0.29) is 11.7 Å². The summed E-state index contributed by atoms with van der Waals surface area (Å²) >= 11 is 0. The summed E-state index contributed by atoms with van der Waals surface area (Å²) in [5.74, 6) is -0.278. The van der Waals surface area contributed by atoms with E-state index >= 15 is 0 Å². The lowest BCUT2D eigenvalue weighted by Gasteiger charge is -2.17. The highest BCUT2D eigenvalue weighted by Crippen LogP contribution is 2.18. The maximum Gasteiger partial charge on any atom is 0.225 e. The molecule has 1 aromatic carbocycles. The van der Waals surface area contributed by atoms with Crippen LogP contribution < -0.4 is 10.1 Å². The smallest absolute Gasteiger partial charge is 0.225 e. The number of halogens is 1. The van der Waals surface area contributed by atoms with Crippen molar-refractivity contribution in [2.45, 2.75) is 27.3 Å². The molecule has 1 amide bonds. The largest absolute Gasteiger partial charge is 0.494 e. The predicted molar refractivity (Wildman–Crippen MR) is 64.3 cm³/mol. The Bertz CT molecular complexity index is 410. The van der Waals surface area contributed by atoms with Crippen molar-refractivity contribution in [3.63, 3.8) is 0 Å². The number of methoxy groups -OCH3 is 1. The minimum absolute atomic E-state index is 0.0614. The highest BCUT2D eigenvalue weighted by molar-refractivity contribution is 5.81. The van der Waals surface area contributed by atoms with Gasteiger partial charge in [-0.05, 0) is 17.7 Å². The van der Waals surface area contributed by atoms with Gasteiger partial charge in [-0.15, -0.1) is 0 Å². The Morgan fingerprint density at radius 2 is 2.06 bits per heavy atom. The molecule has 0 saturated carbocycles. The summed E-state index contributed by atoms with van der Waals surface area (Å²) in [6, 6.07) is 4.64. The molecule has 0 aliphatic heterocycles. The van der Waals surface area contributed by atoms with E-state index in [1.54, 1.807) is 12.1 Å². The lowest BCUT2D eigenvalue weighted by atomic mass is 9.95. The minimum Gasteiger partial charge on any atom is -0.494 e. The summed E-state index contributed by atoms with van der Waals surface area (Å²) in [6.07, 6.45) is 0. The van der Waals surface area contributed by atoms with Crippen molar-refractivity contribution in [2.24, 2.45) is 5.41 Å². The third-order valence-electron chi connectivity index (χ3n) is 2.35. The summed E-state index contributed by atoms with van der Waals surface area (Å²) in [6.45, 7) is 5.81. The lowest BCUT2D eigenvalue weighted by Crippen LogP contribution is -2.34. The molecule has 1 aromatic rings. The maximum absolute atomic E-state index is 13.4. The Labute approximate surface area is 101 Å². The van der Waals surface area contributed by atoms with E-state index in [0.717, 1.165) is 0 Å². The quantitative estimate of drug-likeness (QED) is 0.880. The summed E-state index contributed by atoms with van der Waals surface area (Å²) in [7, 11) is 1.42. The van der Waals surface area contributed by atoms with Gasteiger partial charge in [-0.3, -0.25) is 4.79 Å². The molecule has 0 atom stereocenters. The topological polar surface area (TPSA) is 38.3 Å². The fraction of sp³-hybridized carbons (Fsp3) is 0.462. The molecule has 0 spiro atoms. The van der Waals surface area contributed by atoms with Gasteiger partial charge in [0.15, 0.2) is 11.6 Å². The molecule has 0 unspecified atom stereocenters. The lowest BCUT2D eigenvalue weighted by molar-refractivity contribution is -0.128. The number of hydrogen-bond donors (Lipinski definition) is 1. The van der Waals surface area contributed by atoms with E-state index in [0.29, 0.717) is 12.1 Å². The second-order valence-electron chi connectivity index (χ2n) is 4.90. The van der Waals surface area contributed by atoms with Crippen LogP contribution in [0.2, 0.25) is 0 Å². The van der Waals surface area contributed by atoms with Crippen LogP contribution in [-0.4, -0.2) is 13.0 Å². The summed E-state index contributed by atoms with van der Waals surface area (Å²) in [5.41, 5.74) is 0.270. The van der Waals surface area contributed by atoms with Gasteiger partial charge in [-0.25, -0.2) is 4.39 Å². The molecular formula is C13H18FNO2. The first kappa shape index (κ1) is 13.5. The van der Waals surface area contributed by atoms with Gasteiger partial charge in [0.25, 0.3) is 0 Å². The van der Waals surface area contributed by atoms with Gasteiger partial charge in [0.05, 0.1) is 7.11 Å². The maximum atomic E-state index is 13.4. The van der Waals surface area contributed by atoms with Gasteiger partial charge in [0.1, 0.15) is 0 Å². The van der Waals surface area contributed by atoms with Gasteiger partial charge in [-0.1, -0.05) is 26.8 Å². The molecule has 0 saturated heterocycles. The van der Waals surface area contributed by atoms with Crippen molar-refractivity contribution < 1.29 is 13.9 Å². The zero-order chi connectivity index (χ0) is 13.1. The SMILES string of the molecule is COc1ccc(CNC(=O)C(C)(C)C)cc1F. The molecule has 1 rings (SSSR count). The Balaban J connectivity index is 2.65. The molecule has 0 aliphatic carbocycles. The summed E-state index contributed by atoms with van der Waals surface area (Å²) in [5, 5.41) is 2.76. The molecule has 94 valence electrons. The van der Waals surface area contributed by atoms with Gasteiger partial charge in [0.2, 0.25) is 5.91 Å². The van der Waals surface area contributed by atoms with Crippen molar-refractivity contribution >= 4 is 5.91 Å². The van der Waals surface area contributed by atoms with Crippen molar-refractivity contribution in [3.05, 3.63) is 29.6 Å². The molecule has 0 aromatic heterocycles. The van der Waals surface area contributed by atoms with E-state index in [1.165, 1.54) is 13.2 Å². The molecule has 3 nitrogen and oxygen atoms in total. The van der Waals surface area contributed by atoms with Crippen molar-refractivity contribution in [1.29, 1.82) is 0 Å².